The van der Waals surface area contributed by atoms with Crippen LogP contribution in [0.3, 0.4) is 0 Å². The lowest BCUT2D eigenvalue weighted by atomic mass is 10.1. The highest BCUT2D eigenvalue weighted by Gasteiger charge is 2.22. The molecule has 0 spiro atoms. The summed E-state index contributed by atoms with van der Waals surface area (Å²) in [6.45, 7) is 0. The number of rotatable bonds is 0. The molecule has 1 aromatic rings. The van der Waals surface area contributed by atoms with Crippen LogP contribution in [0.1, 0.15) is 23.6 Å². The van der Waals surface area contributed by atoms with E-state index in [0.29, 0.717) is 0 Å². The first kappa shape index (κ1) is 7.55. The molecule has 1 aliphatic rings. The van der Waals surface area contributed by atoms with E-state index in [4.69, 9.17) is 11.5 Å². The van der Waals surface area contributed by atoms with Crippen molar-refractivity contribution in [3.05, 3.63) is 29.1 Å². The summed E-state index contributed by atoms with van der Waals surface area (Å²) in [5, 5.41) is 0. The fourth-order valence-electron chi connectivity index (χ4n) is 1.77. The summed E-state index contributed by atoms with van der Waals surface area (Å²) >= 11 is 0. The smallest absolute Gasteiger partial charge is 0.146 e. The Morgan fingerprint density at radius 1 is 1.42 bits per heavy atom. The summed E-state index contributed by atoms with van der Waals surface area (Å²) in [5.74, 6) is -0.355. The molecule has 0 saturated heterocycles. The largest absolute Gasteiger partial charge is 0.396 e. The standard InChI is InChI=1S/C9H11FN2/c10-6-3-1-5-2-4-7(11)8(5)9(6)12/h1,3,7H,2,4,11-12H2. The molecule has 12 heavy (non-hydrogen) atoms. The van der Waals surface area contributed by atoms with Gasteiger partial charge in [-0.15, -0.1) is 0 Å². The van der Waals surface area contributed by atoms with Crippen LogP contribution in [0, 0.1) is 5.82 Å². The van der Waals surface area contributed by atoms with Crippen molar-refractivity contribution in [1.82, 2.24) is 0 Å². The molecular weight excluding hydrogens is 155 g/mol. The van der Waals surface area contributed by atoms with E-state index in [9.17, 15) is 4.39 Å². The fourth-order valence-corrected chi connectivity index (χ4v) is 1.77. The maximum atomic E-state index is 13.0. The Hall–Kier alpha value is -1.09. The fraction of sp³-hybridized carbons (Fsp3) is 0.333. The van der Waals surface area contributed by atoms with Crippen LogP contribution in [-0.4, -0.2) is 0 Å². The molecule has 4 N–H and O–H groups in total. The Morgan fingerprint density at radius 2 is 2.17 bits per heavy atom. The summed E-state index contributed by atoms with van der Waals surface area (Å²) < 4.78 is 13.0. The first-order valence-electron chi connectivity index (χ1n) is 4.02. The first-order chi connectivity index (χ1) is 5.70. The zero-order chi connectivity index (χ0) is 8.72. The predicted octanol–water partition coefficient (Wildman–Crippen LogP) is 1.35. The summed E-state index contributed by atoms with van der Waals surface area (Å²) in [4.78, 5) is 0. The molecule has 2 nitrogen and oxygen atoms in total. The van der Waals surface area contributed by atoms with Crippen molar-refractivity contribution < 1.29 is 4.39 Å². The van der Waals surface area contributed by atoms with E-state index in [-0.39, 0.29) is 17.5 Å². The third kappa shape index (κ3) is 0.898. The number of hydrogen-bond donors (Lipinski definition) is 2. The van der Waals surface area contributed by atoms with Crippen LogP contribution in [0.2, 0.25) is 0 Å². The minimum Gasteiger partial charge on any atom is -0.396 e. The zero-order valence-corrected chi connectivity index (χ0v) is 6.68. The Bertz CT molecular complexity index is 323. The topological polar surface area (TPSA) is 52.0 Å². The van der Waals surface area contributed by atoms with Crippen molar-refractivity contribution in [2.45, 2.75) is 18.9 Å². The van der Waals surface area contributed by atoms with Crippen LogP contribution in [0.5, 0.6) is 0 Å². The second kappa shape index (κ2) is 2.45. The lowest BCUT2D eigenvalue weighted by Crippen LogP contribution is -2.09. The third-order valence-corrected chi connectivity index (χ3v) is 2.42. The number of nitrogens with two attached hydrogens (primary N) is 2. The van der Waals surface area contributed by atoms with Gasteiger partial charge in [-0.05, 0) is 30.0 Å². The van der Waals surface area contributed by atoms with Gasteiger partial charge in [0.1, 0.15) is 5.82 Å². The number of fused-ring (bicyclic) bond motifs is 1. The minimum absolute atomic E-state index is 0.0734. The molecule has 2 rings (SSSR count). The van der Waals surface area contributed by atoms with Crippen molar-refractivity contribution in [3.8, 4) is 0 Å². The molecule has 0 aromatic heterocycles. The van der Waals surface area contributed by atoms with Gasteiger partial charge in [0, 0.05) is 6.04 Å². The molecule has 0 bridgehead atoms. The average molecular weight is 166 g/mol. The summed E-state index contributed by atoms with van der Waals surface area (Å²) in [6.07, 6.45) is 1.80. The zero-order valence-electron chi connectivity index (χ0n) is 6.68. The predicted molar refractivity (Wildman–Crippen MR) is 46.1 cm³/mol. The van der Waals surface area contributed by atoms with E-state index in [2.05, 4.69) is 0 Å². The van der Waals surface area contributed by atoms with Gasteiger partial charge in [-0.1, -0.05) is 6.07 Å². The Kier molecular flexibility index (Phi) is 1.54. The van der Waals surface area contributed by atoms with Gasteiger partial charge >= 0.3 is 0 Å². The van der Waals surface area contributed by atoms with Crippen LogP contribution < -0.4 is 11.5 Å². The van der Waals surface area contributed by atoms with Crippen LogP contribution >= 0.6 is 0 Å². The number of benzene rings is 1. The highest BCUT2D eigenvalue weighted by Crippen LogP contribution is 2.34. The molecule has 1 unspecified atom stereocenters. The van der Waals surface area contributed by atoms with Gasteiger partial charge in [-0.2, -0.15) is 0 Å². The van der Waals surface area contributed by atoms with Crippen LogP contribution in [-0.2, 0) is 6.42 Å². The number of hydrogen-bond acceptors (Lipinski definition) is 2. The van der Waals surface area contributed by atoms with E-state index >= 15 is 0 Å². The van der Waals surface area contributed by atoms with Gasteiger partial charge in [-0.3, -0.25) is 0 Å². The number of aryl methyl sites for hydroxylation is 1. The molecular formula is C9H11FN2. The summed E-state index contributed by atoms with van der Waals surface area (Å²) in [5.41, 5.74) is 13.5. The van der Waals surface area contributed by atoms with Crippen molar-refractivity contribution in [2.75, 3.05) is 5.73 Å². The van der Waals surface area contributed by atoms with Crippen LogP contribution in [0.25, 0.3) is 0 Å². The van der Waals surface area contributed by atoms with Crippen LogP contribution in [0.15, 0.2) is 12.1 Å². The molecule has 0 amide bonds. The molecule has 1 aromatic carbocycles. The molecule has 1 aliphatic carbocycles. The Morgan fingerprint density at radius 3 is 2.92 bits per heavy atom. The molecule has 1 atom stereocenters. The summed E-state index contributed by atoms with van der Waals surface area (Å²) in [6, 6.07) is 3.11. The van der Waals surface area contributed by atoms with Crippen molar-refractivity contribution in [3.63, 3.8) is 0 Å². The molecule has 0 aliphatic heterocycles. The maximum absolute atomic E-state index is 13.0. The van der Waals surface area contributed by atoms with E-state index < -0.39 is 0 Å². The molecule has 3 heteroatoms. The highest BCUT2D eigenvalue weighted by molar-refractivity contribution is 5.55. The lowest BCUT2D eigenvalue weighted by molar-refractivity contribution is 0.627. The second-order valence-electron chi connectivity index (χ2n) is 3.18. The Balaban J connectivity index is 2.63. The Labute approximate surface area is 70.4 Å². The SMILES string of the molecule is Nc1c(F)ccc2c1C(N)CC2. The summed E-state index contributed by atoms with van der Waals surface area (Å²) in [7, 11) is 0. The van der Waals surface area contributed by atoms with E-state index in [1.807, 2.05) is 0 Å². The van der Waals surface area contributed by atoms with Crippen molar-refractivity contribution in [2.24, 2.45) is 5.73 Å². The van der Waals surface area contributed by atoms with Gasteiger partial charge in [0.25, 0.3) is 0 Å². The maximum Gasteiger partial charge on any atom is 0.146 e. The molecule has 0 radical (unpaired) electrons. The highest BCUT2D eigenvalue weighted by atomic mass is 19.1. The monoisotopic (exact) mass is 166 g/mol. The van der Waals surface area contributed by atoms with Gasteiger partial charge in [-0.25, -0.2) is 4.39 Å². The molecule has 64 valence electrons. The number of nitrogen functional groups attached to an aromatic ring is 1. The van der Waals surface area contributed by atoms with Crippen LogP contribution in [0.4, 0.5) is 10.1 Å². The van der Waals surface area contributed by atoms with Gasteiger partial charge in [0.05, 0.1) is 5.69 Å². The van der Waals surface area contributed by atoms with Crippen molar-refractivity contribution in [1.29, 1.82) is 0 Å². The first-order valence-corrected chi connectivity index (χ1v) is 4.02. The third-order valence-electron chi connectivity index (χ3n) is 2.42. The van der Waals surface area contributed by atoms with Gasteiger partial charge in [0.15, 0.2) is 0 Å². The van der Waals surface area contributed by atoms with E-state index in [1.54, 1.807) is 6.07 Å². The number of halogens is 1. The van der Waals surface area contributed by atoms with Gasteiger partial charge in [0.2, 0.25) is 0 Å². The molecule has 0 fully saturated rings. The molecule has 0 saturated carbocycles. The van der Waals surface area contributed by atoms with Crippen molar-refractivity contribution >= 4 is 5.69 Å². The lowest BCUT2D eigenvalue weighted by Gasteiger charge is -2.08. The number of anilines is 1. The normalized spacial score (nSPS) is 21.0. The quantitative estimate of drug-likeness (QED) is 0.571. The molecule has 0 heterocycles. The van der Waals surface area contributed by atoms with E-state index in [1.165, 1.54) is 6.07 Å². The average Bonchev–Trinajstić information content (AvgIpc) is 2.41. The minimum atomic E-state index is -0.355. The van der Waals surface area contributed by atoms with Gasteiger partial charge < -0.3 is 11.5 Å². The second-order valence-corrected chi connectivity index (χ2v) is 3.18. The van der Waals surface area contributed by atoms with E-state index in [0.717, 1.165) is 24.0 Å².